The number of rotatable bonds is 0. The Kier molecular flexibility index (Phi) is 4.37. The molecule has 2 atom stereocenters. The van der Waals surface area contributed by atoms with Crippen molar-refractivity contribution >= 4 is 0 Å². The molecule has 0 aromatic carbocycles. The molecule has 1 aliphatic carbocycles. The van der Waals surface area contributed by atoms with Gasteiger partial charge in [0.1, 0.15) is 0 Å². The lowest BCUT2D eigenvalue weighted by Crippen LogP contribution is -1.92. The molecular formula is C9H17O. The summed E-state index contributed by atoms with van der Waals surface area (Å²) in [7, 11) is 0. The Morgan fingerprint density at radius 1 is 1.10 bits per heavy atom. The number of hydrogen-bond acceptors (Lipinski definition) is 0. The zero-order chi connectivity index (χ0) is 6.69. The van der Waals surface area contributed by atoms with Gasteiger partial charge in [-0.05, 0) is 31.1 Å². The van der Waals surface area contributed by atoms with E-state index in [4.69, 9.17) is 0 Å². The predicted molar refractivity (Wildman–Crippen MR) is 44.6 cm³/mol. The van der Waals surface area contributed by atoms with E-state index >= 15 is 0 Å². The predicted octanol–water partition coefficient (Wildman–Crippen LogP) is 1.99. The van der Waals surface area contributed by atoms with Crippen LogP contribution in [-0.2, 0) is 0 Å². The molecule has 0 saturated carbocycles. The van der Waals surface area contributed by atoms with E-state index in [0.717, 1.165) is 11.8 Å². The summed E-state index contributed by atoms with van der Waals surface area (Å²) in [6.07, 6.45) is 9.51. The Morgan fingerprint density at radius 3 is 2.40 bits per heavy atom. The maximum Gasteiger partial charge on any atom is -0.0142 e. The van der Waals surface area contributed by atoms with Crippen LogP contribution in [0.5, 0.6) is 0 Å². The van der Waals surface area contributed by atoms with E-state index in [-0.39, 0.29) is 5.48 Å². The normalized spacial score (nSPS) is 32.6. The molecule has 1 radical (unpaired) electrons. The smallest absolute Gasteiger partial charge is 0.0142 e. The van der Waals surface area contributed by atoms with E-state index in [1.165, 1.54) is 12.8 Å². The molecule has 1 heteroatoms. The SMILES string of the molecule is CC1[CH]C=CC(C)CC1.O. The zero-order valence-corrected chi connectivity index (χ0v) is 6.80. The minimum atomic E-state index is 0. The second-order valence-corrected chi connectivity index (χ2v) is 3.11. The van der Waals surface area contributed by atoms with Gasteiger partial charge >= 0.3 is 0 Å². The van der Waals surface area contributed by atoms with Crippen molar-refractivity contribution in [3.63, 3.8) is 0 Å². The molecule has 0 aliphatic heterocycles. The van der Waals surface area contributed by atoms with Crippen LogP contribution in [-0.4, -0.2) is 5.48 Å². The maximum absolute atomic E-state index is 2.30. The van der Waals surface area contributed by atoms with E-state index < -0.39 is 0 Å². The third-order valence-corrected chi connectivity index (χ3v) is 1.96. The fraction of sp³-hybridized carbons (Fsp3) is 0.667. The van der Waals surface area contributed by atoms with Gasteiger partial charge in [0.2, 0.25) is 0 Å². The molecule has 0 aromatic heterocycles. The summed E-state index contributed by atoms with van der Waals surface area (Å²) in [6.45, 7) is 4.56. The van der Waals surface area contributed by atoms with Crippen LogP contribution in [0.15, 0.2) is 12.2 Å². The van der Waals surface area contributed by atoms with Crippen LogP contribution >= 0.6 is 0 Å². The van der Waals surface area contributed by atoms with E-state index in [1.807, 2.05) is 0 Å². The first-order valence-electron chi connectivity index (χ1n) is 3.80. The molecule has 0 saturated heterocycles. The molecule has 59 valence electrons. The van der Waals surface area contributed by atoms with Gasteiger partial charge in [0.05, 0.1) is 0 Å². The van der Waals surface area contributed by atoms with Crippen molar-refractivity contribution in [3.05, 3.63) is 18.6 Å². The van der Waals surface area contributed by atoms with Gasteiger partial charge in [-0.15, -0.1) is 0 Å². The summed E-state index contributed by atoms with van der Waals surface area (Å²) in [4.78, 5) is 0. The number of hydrogen-bond donors (Lipinski definition) is 0. The van der Waals surface area contributed by atoms with Crippen LogP contribution in [0, 0.1) is 18.3 Å². The summed E-state index contributed by atoms with van der Waals surface area (Å²) >= 11 is 0. The molecule has 1 nitrogen and oxygen atoms in total. The Balaban J connectivity index is 0.000000810. The molecule has 0 heterocycles. The van der Waals surface area contributed by atoms with E-state index in [2.05, 4.69) is 32.4 Å². The lowest BCUT2D eigenvalue weighted by Gasteiger charge is -2.05. The molecule has 10 heavy (non-hydrogen) atoms. The molecule has 1 rings (SSSR count). The van der Waals surface area contributed by atoms with Gasteiger partial charge in [0, 0.05) is 0 Å². The molecule has 1 aliphatic rings. The van der Waals surface area contributed by atoms with Crippen LogP contribution in [0.25, 0.3) is 0 Å². The summed E-state index contributed by atoms with van der Waals surface area (Å²) in [6, 6.07) is 0. The van der Waals surface area contributed by atoms with Crippen molar-refractivity contribution in [2.24, 2.45) is 11.8 Å². The Hall–Kier alpha value is -0.300. The second kappa shape index (κ2) is 4.51. The Morgan fingerprint density at radius 2 is 1.70 bits per heavy atom. The fourth-order valence-electron chi connectivity index (χ4n) is 1.16. The van der Waals surface area contributed by atoms with Crippen molar-refractivity contribution in [1.29, 1.82) is 0 Å². The van der Waals surface area contributed by atoms with Crippen molar-refractivity contribution in [1.82, 2.24) is 0 Å². The van der Waals surface area contributed by atoms with Gasteiger partial charge in [-0.2, -0.15) is 0 Å². The highest BCUT2D eigenvalue weighted by molar-refractivity contribution is 5.02. The zero-order valence-electron chi connectivity index (χ0n) is 6.80. The highest BCUT2D eigenvalue weighted by Crippen LogP contribution is 2.19. The van der Waals surface area contributed by atoms with Gasteiger partial charge in [-0.3, -0.25) is 0 Å². The third-order valence-electron chi connectivity index (χ3n) is 1.96. The lowest BCUT2D eigenvalue weighted by atomic mass is 10.0. The first kappa shape index (κ1) is 9.70. The average Bonchev–Trinajstić information content (AvgIpc) is 1.97. The van der Waals surface area contributed by atoms with Crippen LogP contribution < -0.4 is 0 Å². The van der Waals surface area contributed by atoms with Crippen molar-refractivity contribution < 1.29 is 5.48 Å². The minimum Gasteiger partial charge on any atom is -0.412 e. The van der Waals surface area contributed by atoms with Gasteiger partial charge < -0.3 is 5.48 Å². The quantitative estimate of drug-likeness (QED) is 0.494. The standard InChI is InChI=1S/C9H15.H2O/c1-8-4-3-5-9(2)7-6-8;/h3-5,8-9H,6-7H2,1-2H3;1H2. The first-order chi connectivity index (χ1) is 4.29. The molecule has 0 amide bonds. The van der Waals surface area contributed by atoms with Gasteiger partial charge in [-0.25, -0.2) is 0 Å². The highest BCUT2D eigenvalue weighted by Gasteiger charge is 2.06. The van der Waals surface area contributed by atoms with Crippen molar-refractivity contribution in [2.45, 2.75) is 26.7 Å². The second-order valence-electron chi connectivity index (χ2n) is 3.11. The molecule has 0 bridgehead atoms. The largest absolute Gasteiger partial charge is 0.412 e. The highest BCUT2D eigenvalue weighted by atomic mass is 16.0. The van der Waals surface area contributed by atoms with Gasteiger partial charge in [0.15, 0.2) is 0 Å². The molecule has 2 N–H and O–H groups in total. The molecule has 0 spiro atoms. The van der Waals surface area contributed by atoms with E-state index in [0.29, 0.717) is 0 Å². The summed E-state index contributed by atoms with van der Waals surface area (Å²) in [5.41, 5.74) is 0. The van der Waals surface area contributed by atoms with Crippen LogP contribution in [0.1, 0.15) is 26.7 Å². The molecule has 0 fully saturated rings. The number of allylic oxidation sites excluding steroid dienone is 2. The lowest BCUT2D eigenvalue weighted by molar-refractivity contribution is 0.536. The van der Waals surface area contributed by atoms with Gasteiger partial charge in [-0.1, -0.05) is 26.0 Å². The molecular weight excluding hydrogens is 124 g/mol. The van der Waals surface area contributed by atoms with Crippen molar-refractivity contribution in [2.75, 3.05) is 0 Å². The maximum atomic E-state index is 2.30. The van der Waals surface area contributed by atoms with E-state index in [9.17, 15) is 0 Å². The van der Waals surface area contributed by atoms with Gasteiger partial charge in [0.25, 0.3) is 0 Å². The molecule has 0 aromatic rings. The van der Waals surface area contributed by atoms with E-state index in [1.54, 1.807) is 0 Å². The van der Waals surface area contributed by atoms with Crippen LogP contribution in [0.3, 0.4) is 0 Å². The summed E-state index contributed by atoms with van der Waals surface area (Å²) < 4.78 is 0. The van der Waals surface area contributed by atoms with Crippen LogP contribution in [0.4, 0.5) is 0 Å². The Bertz CT molecular complexity index is 107. The topological polar surface area (TPSA) is 31.5 Å². The van der Waals surface area contributed by atoms with Crippen LogP contribution in [0.2, 0.25) is 0 Å². The fourth-order valence-corrected chi connectivity index (χ4v) is 1.16. The average molecular weight is 141 g/mol. The minimum absolute atomic E-state index is 0. The Labute approximate surface area is 63.4 Å². The summed E-state index contributed by atoms with van der Waals surface area (Å²) in [5, 5.41) is 0. The molecule has 2 unspecified atom stereocenters. The third kappa shape index (κ3) is 3.02. The first-order valence-corrected chi connectivity index (χ1v) is 3.80. The summed E-state index contributed by atoms with van der Waals surface area (Å²) in [5.74, 6) is 1.59. The van der Waals surface area contributed by atoms with Crippen molar-refractivity contribution in [3.8, 4) is 0 Å². The monoisotopic (exact) mass is 141 g/mol.